The standard InChI is InChI=1S/C111H66N4O6S3/c116-122(117)100-46-22-16-40-88(100)109(82-34-10-1-25-73(82)74-26-2-11-35-83(74)109)91-61-64-97-103(106(91)122)79-31-7-19-43-94(79)113(97)70-55-49-67(50-56-70)112(68-51-57-71(58-52-68)114-95-44-20-8-32-80(95)104-98(114)65-62-92-107(104)123(118,119)101-47-23-17-41-89(101)110(92)84-36-12-3-27-75(84)76-28-4-13-37-85(76)110)69-53-59-72(60-54-69)115-96-45-21-9-33-81(96)105-99(115)66-63-93-108(105)124(120,121)102-48-24-18-42-90(102)111(93)86-38-14-5-29-77(86)78-30-6-15-39-87(78)111/h1-66H. The lowest BCUT2D eigenvalue weighted by atomic mass is 9.67. The molecule has 3 spiro atoms. The third-order valence-electron chi connectivity index (χ3n) is 28.1. The Balaban J connectivity index is 0.643. The first-order valence-corrected chi connectivity index (χ1v) is 46.2. The predicted octanol–water partition coefficient (Wildman–Crippen LogP) is 25.0. The summed E-state index contributed by atoms with van der Waals surface area (Å²) in [6, 6.07) is 136. The van der Waals surface area contributed by atoms with Gasteiger partial charge in [-0.25, -0.2) is 25.3 Å². The number of para-hydroxylation sites is 3. The number of fused-ring (bicyclic) bond motifs is 39. The first kappa shape index (κ1) is 69.8. The molecule has 3 aromatic heterocycles. The number of hydrogen-bond acceptors (Lipinski definition) is 7. The first-order valence-electron chi connectivity index (χ1n) is 41.8. The molecule has 124 heavy (non-hydrogen) atoms. The minimum atomic E-state index is -4.17. The molecule has 27 rings (SSSR count). The van der Waals surface area contributed by atoms with Crippen LogP contribution in [0.2, 0.25) is 0 Å². The van der Waals surface area contributed by atoms with E-state index >= 15 is 25.3 Å². The van der Waals surface area contributed by atoms with E-state index < -0.39 is 45.8 Å². The van der Waals surface area contributed by atoms with Gasteiger partial charge in [0.2, 0.25) is 29.5 Å². The maximum atomic E-state index is 16.0. The van der Waals surface area contributed by atoms with Gasteiger partial charge in [-0.3, -0.25) is 0 Å². The molecule has 3 aliphatic heterocycles. The molecule has 0 amide bonds. The van der Waals surface area contributed by atoms with Gasteiger partial charge >= 0.3 is 0 Å². The molecular weight excluding hydrogens is 1580 g/mol. The van der Waals surface area contributed by atoms with E-state index in [0.29, 0.717) is 45.5 Å². The maximum absolute atomic E-state index is 16.0. The van der Waals surface area contributed by atoms with Crippen molar-refractivity contribution in [2.75, 3.05) is 4.90 Å². The smallest absolute Gasteiger partial charge is 0.207 e. The highest BCUT2D eigenvalue weighted by atomic mass is 32.2. The molecule has 0 radical (unpaired) electrons. The quantitative estimate of drug-likeness (QED) is 0.163. The van der Waals surface area contributed by atoms with Crippen molar-refractivity contribution in [3.05, 3.63) is 467 Å². The van der Waals surface area contributed by atoms with Crippen LogP contribution in [0.3, 0.4) is 0 Å². The third kappa shape index (κ3) is 8.42. The molecule has 10 nitrogen and oxygen atoms in total. The molecule has 0 saturated carbocycles. The Morgan fingerprint density at radius 3 is 0.645 bits per heavy atom. The SMILES string of the molecule is O=S1(=O)c2ccccc2C2(c3ccccc3-c3ccccc32)c2ccc3c(c21)c1ccccc1n3-c1ccc(N(c2ccc(-n3c4ccccc4c4c5c(ccc43)C3(c4ccccc4-c4ccccc43)c3ccccc3S5(=O)=O)cc2)c2ccc(-n3c4ccccc4c4c5c(ccc43)C3(c4ccccc4-c4ccccc43)c3ccccc3S5(=O)=O)cc2)cc1. The third-order valence-corrected chi connectivity index (χ3v) is 33.8. The Labute approximate surface area is 713 Å². The summed E-state index contributed by atoms with van der Waals surface area (Å²) >= 11 is 0. The molecule has 0 atom stereocenters. The Morgan fingerprint density at radius 1 is 0.185 bits per heavy atom. The number of rotatable bonds is 6. The number of benzene rings is 18. The summed E-state index contributed by atoms with van der Waals surface area (Å²) < 4.78 is 103. The minimum absolute atomic E-state index is 0.293. The molecular formula is C111H66N4O6S3. The molecule has 0 bridgehead atoms. The second kappa shape index (κ2) is 24.4. The van der Waals surface area contributed by atoms with Crippen molar-refractivity contribution >= 4 is 112 Å². The topological polar surface area (TPSA) is 120 Å². The highest BCUT2D eigenvalue weighted by Gasteiger charge is 2.58. The summed E-state index contributed by atoms with van der Waals surface area (Å²) in [5.74, 6) is 0. The second-order valence-electron chi connectivity index (χ2n) is 33.5. The van der Waals surface area contributed by atoms with E-state index in [1.807, 2.05) is 109 Å². The lowest BCUT2D eigenvalue weighted by molar-refractivity contribution is 0.580. The largest absolute Gasteiger partial charge is 0.310 e. The van der Waals surface area contributed by atoms with Crippen LogP contribution in [0.1, 0.15) is 66.8 Å². The van der Waals surface area contributed by atoms with Crippen molar-refractivity contribution < 1.29 is 25.3 Å². The fraction of sp³-hybridized carbons (Fsp3) is 0.0270. The van der Waals surface area contributed by atoms with Gasteiger partial charge in [0, 0.05) is 66.4 Å². The summed E-state index contributed by atoms with van der Waals surface area (Å²) in [7, 11) is -12.5. The Bertz CT molecular complexity index is 7870. The van der Waals surface area contributed by atoms with Crippen LogP contribution in [0.25, 0.3) is 116 Å². The summed E-state index contributed by atoms with van der Waals surface area (Å²) in [6.07, 6.45) is 0. The predicted molar refractivity (Wildman–Crippen MR) is 492 cm³/mol. The van der Waals surface area contributed by atoms with Crippen LogP contribution in [0.15, 0.2) is 430 Å². The van der Waals surface area contributed by atoms with Crippen LogP contribution in [0.4, 0.5) is 17.1 Å². The van der Waals surface area contributed by atoms with E-state index in [1.54, 1.807) is 18.2 Å². The fourth-order valence-electron chi connectivity index (χ4n) is 23.6. The maximum Gasteiger partial charge on any atom is 0.207 e. The molecule has 0 fully saturated rings. The van der Waals surface area contributed by atoms with E-state index in [4.69, 9.17) is 0 Å². The van der Waals surface area contributed by atoms with Gasteiger partial charge in [0.05, 0.1) is 78.7 Å². The first-order chi connectivity index (χ1) is 60.8. The Hall–Kier alpha value is -15.0. The molecule has 3 aliphatic carbocycles. The second-order valence-corrected chi connectivity index (χ2v) is 39.0. The number of nitrogens with zero attached hydrogens (tertiary/aromatic N) is 4. The van der Waals surface area contributed by atoms with Crippen LogP contribution in [-0.4, -0.2) is 39.0 Å². The molecule has 6 aliphatic rings. The number of anilines is 3. The summed E-state index contributed by atoms with van der Waals surface area (Å²) in [4.78, 5) is 4.01. The van der Waals surface area contributed by atoms with Crippen molar-refractivity contribution in [2.45, 2.75) is 45.6 Å². The highest BCUT2D eigenvalue weighted by Crippen LogP contribution is 2.67. The summed E-state index contributed by atoms with van der Waals surface area (Å²) in [6.45, 7) is 0. The molecule has 0 unspecified atom stereocenters. The van der Waals surface area contributed by atoms with Gasteiger partial charge in [-0.05, 0) is 228 Å². The monoisotopic (exact) mass is 1650 g/mol. The Kier molecular flexibility index (Phi) is 13.7. The lowest BCUT2D eigenvalue weighted by Crippen LogP contribution is -2.36. The van der Waals surface area contributed by atoms with Gasteiger partial charge in [-0.2, -0.15) is 0 Å². The van der Waals surface area contributed by atoms with Crippen molar-refractivity contribution in [1.29, 1.82) is 0 Å². The van der Waals surface area contributed by atoms with Crippen molar-refractivity contribution in [3.8, 4) is 50.4 Å². The van der Waals surface area contributed by atoms with Crippen molar-refractivity contribution in [2.24, 2.45) is 0 Å². The average molecular weight is 1650 g/mol. The fourth-order valence-corrected chi connectivity index (χ4v) is 29.5. The van der Waals surface area contributed by atoms with Gasteiger partial charge < -0.3 is 18.6 Å². The normalized spacial score (nSPS) is 15.7. The molecule has 21 aromatic rings. The molecule has 13 heteroatoms. The summed E-state index contributed by atoms with van der Waals surface area (Å²) in [5, 5.41) is 4.40. The van der Waals surface area contributed by atoms with E-state index in [1.165, 1.54) is 0 Å². The molecule has 18 aromatic carbocycles. The van der Waals surface area contributed by atoms with Crippen molar-refractivity contribution in [3.63, 3.8) is 0 Å². The Morgan fingerprint density at radius 2 is 0.395 bits per heavy atom. The average Bonchev–Trinajstić information content (AvgIpc) is 1.51. The van der Waals surface area contributed by atoms with Crippen LogP contribution in [0, 0.1) is 0 Å². The number of aromatic nitrogens is 3. The van der Waals surface area contributed by atoms with Crippen LogP contribution in [0.5, 0.6) is 0 Å². The van der Waals surface area contributed by atoms with Gasteiger partial charge in [0.25, 0.3) is 0 Å². The van der Waals surface area contributed by atoms with E-state index in [2.05, 4.69) is 292 Å². The van der Waals surface area contributed by atoms with Gasteiger partial charge in [-0.1, -0.05) is 273 Å². The van der Waals surface area contributed by atoms with E-state index in [0.717, 1.165) is 184 Å². The molecule has 0 saturated heterocycles. The van der Waals surface area contributed by atoms with Crippen LogP contribution in [-0.2, 0) is 45.8 Å². The molecule has 584 valence electrons. The number of hydrogen-bond donors (Lipinski definition) is 0. The van der Waals surface area contributed by atoms with Crippen molar-refractivity contribution in [1.82, 2.24) is 13.7 Å². The highest BCUT2D eigenvalue weighted by molar-refractivity contribution is 7.92. The van der Waals surface area contributed by atoms with Gasteiger partial charge in [0.1, 0.15) is 0 Å². The van der Waals surface area contributed by atoms with Crippen LogP contribution < -0.4 is 4.90 Å². The summed E-state index contributed by atoms with van der Waals surface area (Å²) in [5.41, 5.74) is 24.0. The van der Waals surface area contributed by atoms with Gasteiger partial charge in [-0.15, -0.1) is 0 Å². The molecule has 6 heterocycles. The molecule has 0 N–H and O–H groups in total. The zero-order valence-corrected chi connectivity index (χ0v) is 68.5. The lowest BCUT2D eigenvalue weighted by Gasteiger charge is -2.39. The number of sulfone groups is 3. The zero-order valence-electron chi connectivity index (χ0n) is 66.1. The minimum Gasteiger partial charge on any atom is -0.310 e. The van der Waals surface area contributed by atoms with E-state index in [-0.39, 0.29) is 0 Å². The van der Waals surface area contributed by atoms with Crippen LogP contribution >= 0.6 is 0 Å². The van der Waals surface area contributed by atoms with Gasteiger partial charge in [0.15, 0.2) is 0 Å². The zero-order chi connectivity index (χ0) is 82.2. The van der Waals surface area contributed by atoms with E-state index in [9.17, 15) is 0 Å².